The van der Waals surface area contributed by atoms with Crippen LogP contribution in [-0.2, 0) is 9.59 Å². The van der Waals surface area contributed by atoms with Crippen molar-refractivity contribution in [2.75, 3.05) is 18.4 Å². The summed E-state index contributed by atoms with van der Waals surface area (Å²) in [7, 11) is 0. The Bertz CT molecular complexity index is 751. The summed E-state index contributed by atoms with van der Waals surface area (Å²) in [6, 6.07) is 9.04. The number of anilines is 1. The molecule has 1 fully saturated rings. The van der Waals surface area contributed by atoms with Crippen molar-refractivity contribution in [3.8, 4) is 5.69 Å². The molecule has 0 bridgehead atoms. The molecule has 126 valence electrons. The molecule has 1 aliphatic rings. The van der Waals surface area contributed by atoms with Crippen LogP contribution in [0.15, 0.2) is 36.5 Å². The monoisotopic (exact) mass is 346 g/mol. The van der Waals surface area contributed by atoms with Crippen LogP contribution in [0.1, 0.15) is 19.8 Å². The van der Waals surface area contributed by atoms with Crippen LogP contribution in [0.4, 0.5) is 5.82 Å². The molecule has 7 heteroatoms. The van der Waals surface area contributed by atoms with E-state index in [9.17, 15) is 9.59 Å². The highest BCUT2D eigenvalue weighted by atomic mass is 35.5. The SMILES string of the molecule is CC(=O)N1CCC(C(=O)Nc2ccnn2-c2cccc(Cl)c2)CC1. The van der Waals surface area contributed by atoms with E-state index in [0.29, 0.717) is 36.8 Å². The second-order valence-corrected chi connectivity index (χ2v) is 6.31. The van der Waals surface area contributed by atoms with Gasteiger partial charge < -0.3 is 10.2 Å². The highest BCUT2D eigenvalue weighted by Gasteiger charge is 2.26. The molecule has 6 nitrogen and oxygen atoms in total. The van der Waals surface area contributed by atoms with Crippen LogP contribution < -0.4 is 5.32 Å². The average molecular weight is 347 g/mol. The Balaban J connectivity index is 1.68. The van der Waals surface area contributed by atoms with Crippen molar-refractivity contribution in [2.24, 2.45) is 5.92 Å². The molecular formula is C17H19ClN4O2. The van der Waals surface area contributed by atoms with Crippen molar-refractivity contribution < 1.29 is 9.59 Å². The summed E-state index contributed by atoms with van der Waals surface area (Å²) in [5, 5.41) is 7.80. The molecule has 0 aliphatic carbocycles. The van der Waals surface area contributed by atoms with Crippen LogP contribution in [-0.4, -0.2) is 39.6 Å². The van der Waals surface area contributed by atoms with E-state index in [1.807, 2.05) is 12.1 Å². The van der Waals surface area contributed by atoms with Gasteiger partial charge in [-0.1, -0.05) is 17.7 Å². The Morgan fingerprint density at radius 2 is 2.00 bits per heavy atom. The summed E-state index contributed by atoms with van der Waals surface area (Å²) in [5.41, 5.74) is 0.786. The fraction of sp³-hybridized carbons (Fsp3) is 0.353. The first kappa shape index (κ1) is 16.5. The number of rotatable bonds is 3. The Morgan fingerprint density at radius 1 is 1.25 bits per heavy atom. The molecule has 1 aliphatic heterocycles. The van der Waals surface area contributed by atoms with Crippen molar-refractivity contribution in [2.45, 2.75) is 19.8 Å². The maximum Gasteiger partial charge on any atom is 0.228 e. The number of carbonyl (C=O) groups excluding carboxylic acids is 2. The zero-order chi connectivity index (χ0) is 17.1. The summed E-state index contributed by atoms with van der Waals surface area (Å²) in [5.74, 6) is 0.537. The number of nitrogens with one attached hydrogen (secondary N) is 1. The quantitative estimate of drug-likeness (QED) is 0.929. The topological polar surface area (TPSA) is 67.2 Å². The minimum atomic E-state index is -0.0942. The number of piperidine rings is 1. The normalized spacial score (nSPS) is 15.3. The van der Waals surface area contributed by atoms with E-state index in [1.165, 1.54) is 0 Å². The summed E-state index contributed by atoms with van der Waals surface area (Å²) in [6.07, 6.45) is 2.99. The van der Waals surface area contributed by atoms with E-state index >= 15 is 0 Å². The van der Waals surface area contributed by atoms with Crippen LogP contribution in [0.5, 0.6) is 0 Å². The lowest BCUT2D eigenvalue weighted by Crippen LogP contribution is -2.40. The van der Waals surface area contributed by atoms with Gasteiger partial charge in [0, 0.05) is 37.0 Å². The van der Waals surface area contributed by atoms with Gasteiger partial charge in [0.25, 0.3) is 0 Å². The summed E-state index contributed by atoms with van der Waals surface area (Å²) >= 11 is 6.02. The molecule has 1 saturated heterocycles. The number of benzene rings is 1. The Hall–Kier alpha value is -2.34. The number of nitrogens with zero attached hydrogens (tertiary/aromatic N) is 3. The van der Waals surface area contributed by atoms with Gasteiger partial charge in [0.05, 0.1) is 11.9 Å². The van der Waals surface area contributed by atoms with E-state index in [1.54, 1.807) is 40.9 Å². The number of hydrogen-bond donors (Lipinski definition) is 1. The van der Waals surface area contributed by atoms with Gasteiger partial charge in [-0.15, -0.1) is 0 Å². The lowest BCUT2D eigenvalue weighted by atomic mass is 9.96. The fourth-order valence-corrected chi connectivity index (χ4v) is 3.08. The zero-order valence-corrected chi connectivity index (χ0v) is 14.2. The predicted molar refractivity (Wildman–Crippen MR) is 92.2 cm³/mol. The number of carbonyl (C=O) groups is 2. The first-order valence-corrected chi connectivity index (χ1v) is 8.29. The Morgan fingerprint density at radius 3 is 2.67 bits per heavy atom. The largest absolute Gasteiger partial charge is 0.343 e. The minimum absolute atomic E-state index is 0.0398. The van der Waals surface area contributed by atoms with Gasteiger partial charge >= 0.3 is 0 Å². The van der Waals surface area contributed by atoms with Crippen LogP contribution >= 0.6 is 11.6 Å². The van der Waals surface area contributed by atoms with E-state index in [-0.39, 0.29) is 17.7 Å². The molecule has 0 atom stereocenters. The number of likely N-dealkylation sites (tertiary alicyclic amines) is 1. The third kappa shape index (κ3) is 3.59. The zero-order valence-electron chi connectivity index (χ0n) is 13.4. The van der Waals surface area contributed by atoms with Crippen LogP contribution in [0.25, 0.3) is 5.69 Å². The maximum atomic E-state index is 12.5. The number of aromatic nitrogens is 2. The lowest BCUT2D eigenvalue weighted by molar-refractivity contribution is -0.132. The van der Waals surface area contributed by atoms with Gasteiger partial charge in [-0.3, -0.25) is 9.59 Å². The van der Waals surface area contributed by atoms with Gasteiger partial charge in [-0.05, 0) is 31.0 Å². The van der Waals surface area contributed by atoms with Crippen LogP contribution in [0.2, 0.25) is 5.02 Å². The summed E-state index contributed by atoms with van der Waals surface area (Å²) < 4.78 is 1.65. The third-order valence-electron chi connectivity index (χ3n) is 4.26. The number of halogens is 1. The Labute approximate surface area is 145 Å². The molecular weight excluding hydrogens is 328 g/mol. The minimum Gasteiger partial charge on any atom is -0.343 e. The molecule has 0 saturated carbocycles. The average Bonchev–Trinajstić information content (AvgIpc) is 3.03. The standard InChI is InChI=1S/C17H19ClN4O2/c1-12(23)21-9-6-13(7-10-21)17(24)20-16-5-8-19-22(16)15-4-2-3-14(18)11-15/h2-5,8,11,13H,6-7,9-10H2,1H3,(H,20,24). The number of hydrogen-bond acceptors (Lipinski definition) is 3. The summed E-state index contributed by atoms with van der Waals surface area (Å²) in [4.78, 5) is 25.7. The van der Waals surface area contributed by atoms with Gasteiger partial charge in [0.2, 0.25) is 11.8 Å². The molecule has 0 radical (unpaired) electrons. The summed E-state index contributed by atoms with van der Waals surface area (Å²) in [6.45, 7) is 2.81. The smallest absolute Gasteiger partial charge is 0.228 e. The van der Waals surface area contributed by atoms with Crippen LogP contribution in [0, 0.1) is 5.92 Å². The molecule has 2 aromatic rings. The fourth-order valence-electron chi connectivity index (χ4n) is 2.90. The van der Waals surface area contributed by atoms with Gasteiger partial charge in [0.1, 0.15) is 5.82 Å². The third-order valence-corrected chi connectivity index (χ3v) is 4.49. The van der Waals surface area contributed by atoms with Crippen molar-refractivity contribution >= 4 is 29.2 Å². The van der Waals surface area contributed by atoms with Crippen LogP contribution in [0.3, 0.4) is 0 Å². The maximum absolute atomic E-state index is 12.5. The second-order valence-electron chi connectivity index (χ2n) is 5.88. The first-order chi connectivity index (χ1) is 11.5. The molecule has 0 unspecified atom stereocenters. The van der Waals surface area contributed by atoms with E-state index in [2.05, 4.69) is 10.4 Å². The molecule has 1 aromatic carbocycles. The highest BCUT2D eigenvalue weighted by molar-refractivity contribution is 6.30. The molecule has 2 heterocycles. The second kappa shape index (κ2) is 7.05. The van der Waals surface area contributed by atoms with Gasteiger partial charge in [-0.2, -0.15) is 5.10 Å². The van der Waals surface area contributed by atoms with Crippen molar-refractivity contribution in [3.63, 3.8) is 0 Å². The predicted octanol–water partition coefficient (Wildman–Crippen LogP) is 2.72. The lowest BCUT2D eigenvalue weighted by Gasteiger charge is -2.30. The van der Waals surface area contributed by atoms with Gasteiger partial charge in [0.15, 0.2) is 0 Å². The first-order valence-electron chi connectivity index (χ1n) is 7.91. The highest BCUT2D eigenvalue weighted by Crippen LogP contribution is 2.22. The van der Waals surface area contributed by atoms with E-state index in [4.69, 9.17) is 11.6 Å². The van der Waals surface area contributed by atoms with E-state index < -0.39 is 0 Å². The van der Waals surface area contributed by atoms with Gasteiger partial charge in [-0.25, -0.2) is 4.68 Å². The van der Waals surface area contributed by atoms with Crippen molar-refractivity contribution in [1.29, 1.82) is 0 Å². The molecule has 3 rings (SSSR count). The van der Waals surface area contributed by atoms with Crippen molar-refractivity contribution in [1.82, 2.24) is 14.7 Å². The van der Waals surface area contributed by atoms with Crippen molar-refractivity contribution in [3.05, 3.63) is 41.6 Å². The molecule has 24 heavy (non-hydrogen) atoms. The molecule has 1 aromatic heterocycles. The molecule has 2 amide bonds. The Kier molecular flexibility index (Phi) is 4.85. The number of amides is 2. The molecule has 0 spiro atoms. The van der Waals surface area contributed by atoms with E-state index in [0.717, 1.165) is 5.69 Å². The molecule has 1 N–H and O–H groups in total.